The molecule has 11 heteroatoms. The van der Waals surface area contributed by atoms with Gasteiger partial charge in [0, 0.05) is 24.0 Å². The third-order valence-corrected chi connectivity index (χ3v) is 6.05. The molecule has 0 fully saturated rings. The van der Waals surface area contributed by atoms with Crippen molar-refractivity contribution in [2.75, 3.05) is 6.54 Å². The van der Waals surface area contributed by atoms with Gasteiger partial charge in [0.25, 0.3) is 17.7 Å². The fraction of sp³-hybridized carbons (Fsp3) is 0.107. The van der Waals surface area contributed by atoms with E-state index in [0.717, 1.165) is 5.39 Å². The van der Waals surface area contributed by atoms with Gasteiger partial charge in [0.2, 0.25) is 0 Å². The predicted octanol–water partition coefficient (Wildman–Crippen LogP) is 3.14. The number of fused-ring (bicyclic) bond motifs is 1. The molecule has 1 aromatic heterocycles. The van der Waals surface area contributed by atoms with Gasteiger partial charge in [-0.25, -0.2) is 9.78 Å². The maximum Gasteiger partial charge on any atom is 0.328 e. The van der Waals surface area contributed by atoms with Gasteiger partial charge < -0.3 is 26.2 Å². The van der Waals surface area contributed by atoms with Gasteiger partial charge in [-0.05, 0) is 48.0 Å². The molecule has 0 spiro atoms. The van der Waals surface area contributed by atoms with Gasteiger partial charge in [-0.2, -0.15) is 0 Å². The number of carbonyl (C=O) groups excluding carboxylic acids is 3. The van der Waals surface area contributed by atoms with Crippen LogP contribution >= 0.6 is 11.6 Å². The van der Waals surface area contributed by atoms with E-state index < -0.39 is 36.3 Å². The maximum atomic E-state index is 12.8. The first-order chi connectivity index (χ1) is 18.7. The average molecular weight is 547 g/mol. The molecule has 3 aromatic carbocycles. The number of aromatic hydroxyl groups is 1. The summed E-state index contributed by atoms with van der Waals surface area (Å²) in [5.41, 5.74) is 1.54. The maximum absolute atomic E-state index is 12.8. The molecule has 0 aliphatic rings. The van der Waals surface area contributed by atoms with Gasteiger partial charge >= 0.3 is 5.97 Å². The second-order valence-electron chi connectivity index (χ2n) is 8.51. The highest BCUT2D eigenvalue weighted by molar-refractivity contribution is 6.34. The molecule has 5 N–H and O–H groups in total. The number of halogens is 1. The number of phenols is 1. The number of carbonyl (C=O) groups is 4. The van der Waals surface area contributed by atoms with Crippen molar-refractivity contribution in [3.05, 3.63) is 106 Å². The van der Waals surface area contributed by atoms with E-state index >= 15 is 0 Å². The third kappa shape index (κ3) is 6.88. The highest BCUT2D eigenvalue weighted by atomic mass is 35.5. The molecule has 3 amide bonds. The Morgan fingerprint density at radius 3 is 2.38 bits per heavy atom. The quantitative estimate of drug-likeness (QED) is 0.216. The summed E-state index contributed by atoms with van der Waals surface area (Å²) in [6.07, 6.45) is 0. The molecule has 0 radical (unpaired) electrons. The lowest BCUT2D eigenvalue weighted by atomic mass is 10.1. The van der Waals surface area contributed by atoms with Crippen LogP contribution in [0, 0.1) is 0 Å². The summed E-state index contributed by atoms with van der Waals surface area (Å²) < 4.78 is 0. The zero-order chi connectivity index (χ0) is 27.9. The van der Waals surface area contributed by atoms with Crippen molar-refractivity contribution >= 4 is 46.2 Å². The van der Waals surface area contributed by atoms with E-state index in [2.05, 4.69) is 20.9 Å². The van der Waals surface area contributed by atoms with Crippen LogP contribution in [-0.4, -0.2) is 51.5 Å². The van der Waals surface area contributed by atoms with Crippen LogP contribution in [0.1, 0.15) is 36.8 Å². The molecule has 1 heterocycles. The molecule has 4 rings (SSSR count). The topological polar surface area (TPSA) is 158 Å². The number of nitrogens with zero attached hydrogens (tertiary/aromatic N) is 1. The number of rotatable bonds is 9. The van der Waals surface area contributed by atoms with E-state index in [0.29, 0.717) is 11.1 Å². The minimum absolute atomic E-state index is 0.0463. The Hall–Kier alpha value is -4.96. The standard InChI is InChI=1S/C28H23ClN4O6/c29-21-13-18(25(35)30-14-16-4-3-6-19(34)12-16)8-10-20(21)26(36)33-24(28(38)39)15-31-27(37)23-11-9-17-5-1-2-7-22(17)32-23/h1-13,24,34H,14-15H2,(H,30,35)(H,31,37)(H,33,36)(H,38,39)/t24-/m0/s1. The second-order valence-corrected chi connectivity index (χ2v) is 8.92. The predicted molar refractivity (Wildman–Crippen MR) is 144 cm³/mol. The average Bonchev–Trinajstić information content (AvgIpc) is 2.93. The van der Waals surface area contributed by atoms with Crippen molar-refractivity contribution in [2.45, 2.75) is 12.6 Å². The minimum atomic E-state index is -1.46. The SMILES string of the molecule is O=C(NCc1cccc(O)c1)c1ccc(C(=O)N[C@@H](CNC(=O)c2ccc3ccccc3n2)C(=O)O)c(Cl)c1. The zero-order valence-corrected chi connectivity index (χ0v) is 21.1. The molecular formula is C28H23ClN4O6. The van der Waals surface area contributed by atoms with Gasteiger partial charge in [-0.15, -0.1) is 0 Å². The second kappa shape index (κ2) is 12.1. The van der Waals surface area contributed by atoms with Gasteiger partial charge in [0.05, 0.1) is 16.1 Å². The van der Waals surface area contributed by atoms with Crippen molar-refractivity contribution in [2.24, 2.45) is 0 Å². The first kappa shape index (κ1) is 27.1. The van der Waals surface area contributed by atoms with Gasteiger partial charge in [-0.1, -0.05) is 48.0 Å². The van der Waals surface area contributed by atoms with Crippen LogP contribution in [0.15, 0.2) is 78.9 Å². The molecule has 0 saturated heterocycles. The normalized spacial score (nSPS) is 11.4. The summed E-state index contributed by atoms with van der Waals surface area (Å²) in [4.78, 5) is 53.8. The number of hydrogen-bond donors (Lipinski definition) is 5. The Morgan fingerprint density at radius 1 is 0.846 bits per heavy atom. The van der Waals surface area contributed by atoms with E-state index in [9.17, 15) is 29.4 Å². The lowest BCUT2D eigenvalue weighted by Gasteiger charge is -2.16. The monoisotopic (exact) mass is 546 g/mol. The first-order valence-corrected chi connectivity index (χ1v) is 12.1. The van der Waals surface area contributed by atoms with Crippen LogP contribution in [0.25, 0.3) is 10.9 Å². The minimum Gasteiger partial charge on any atom is -0.508 e. The van der Waals surface area contributed by atoms with E-state index in [1.807, 2.05) is 12.1 Å². The molecule has 0 saturated carbocycles. The van der Waals surface area contributed by atoms with Gasteiger partial charge in [0.1, 0.15) is 17.5 Å². The number of amides is 3. The van der Waals surface area contributed by atoms with Gasteiger partial charge in [-0.3, -0.25) is 14.4 Å². The highest BCUT2D eigenvalue weighted by Crippen LogP contribution is 2.19. The van der Waals surface area contributed by atoms with E-state index in [-0.39, 0.29) is 34.1 Å². The fourth-order valence-corrected chi connectivity index (χ4v) is 3.97. The van der Waals surface area contributed by atoms with E-state index in [1.54, 1.807) is 30.3 Å². The summed E-state index contributed by atoms with van der Waals surface area (Å²) in [7, 11) is 0. The van der Waals surface area contributed by atoms with E-state index in [1.165, 1.54) is 36.4 Å². The number of hydrogen-bond acceptors (Lipinski definition) is 6. The number of phenolic OH excluding ortho intramolecular Hbond substituents is 1. The number of nitrogens with one attached hydrogen (secondary N) is 3. The van der Waals surface area contributed by atoms with Crippen LogP contribution in [0.5, 0.6) is 5.75 Å². The van der Waals surface area contributed by atoms with Crippen molar-refractivity contribution in [1.82, 2.24) is 20.9 Å². The Kier molecular flexibility index (Phi) is 8.37. The molecule has 10 nitrogen and oxygen atoms in total. The van der Waals surface area contributed by atoms with Crippen molar-refractivity contribution in [1.29, 1.82) is 0 Å². The van der Waals surface area contributed by atoms with Gasteiger partial charge in [0.15, 0.2) is 0 Å². The van der Waals surface area contributed by atoms with Crippen LogP contribution in [0.3, 0.4) is 0 Å². The summed E-state index contributed by atoms with van der Waals surface area (Å²) >= 11 is 6.23. The largest absolute Gasteiger partial charge is 0.508 e. The Labute approximate surface area is 227 Å². The Bertz CT molecular complexity index is 1570. The summed E-state index contributed by atoms with van der Waals surface area (Å²) in [5, 5.41) is 27.4. The van der Waals surface area contributed by atoms with Crippen LogP contribution in [0.4, 0.5) is 0 Å². The highest BCUT2D eigenvalue weighted by Gasteiger charge is 2.23. The number of aromatic nitrogens is 1. The summed E-state index contributed by atoms with van der Waals surface area (Å²) in [5.74, 6) is -3.14. The van der Waals surface area contributed by atoms with E-state index in [4.69, 9.17) is 11.6 Å². The van der Waals surface area contributed by atoms with Crippen LogP contribution < -0.4 is 16.0 Å². The van der Waals surface area contributed by atoms with Crippen molar-refractivity contribution in [3.8, 4) is 5.75 Å². The number of carboxylic acids is 1. The number of benzene rings is 3. The molecule has 0 aliphatic carbocycles. The lowest BCUT2D eigenvalue weighted by molar-refractivity contribution is -0.139. The summed E-state index contributed by atoms with van der Waals surface area (Å²) in [6, 6.07) is 19.4. The zero-order valence-electron chi connectivity index (χ0n) is 20.3. The number of pyridine rings is 1. The molecule has 1 atom stereocenters. The fourth-order valence-electron chi connectivity index (χ4n) is 3.71. The van der Waals surface area contributed by atoms with Crippen LogP contribution in [-0.2, 0) is 11.3 Å². The third-order valence-electron chi connectivity index (χ3n) is 5.74. The Morgan fingerprint density at radius 2 is 1.64 bits per heavy atom. The molecule has 39 heavy (non-hydrogen) atoms. The molecule has 198 valence electrons. The summed E-state index contributed by atoms with van der Waals surface area (Å²) in [6.45, 7) is -0.241. The Balaban J connectivity index is 1.36. The molecule has 0 unspecified atom stereocenters. The van der Waals surface area contributed by atoms with Crippen molar-refractivity contribution in [3.63, 3.8) is 0 Å². The molecule has 0 bridgehead atoms. The first-order valence-electron chi connectivity index (χ1n) is 11.7. The lowest BCUT2D eigenvalue weighted by Crippen LogP contribution is -2.48. The van der Waals surface area contributed by atoms with Crippen LogP contribution in [0.2, 0.25) is 5.02 Å². The smallest absolute Gasteiger partial charge is 0.328 e. The molecule has 4 aromatic rings. The number of carboxylic acid groups (broad SMARTS) is 1. The molecular weight excluding hydrogens is 524 g/mol. The number of para-hydroxylation sites is 1. The molecule has 0 aliphatic heterocycles. The number of aliphatic carboxylic acids is 1. The van der Waals surface area contributed by atoms with Crippen molar-refractivity contribution < 1.29 is 29.4 Å².